The van der Waals surface area contributed by atoms with E-state index in [2.05, 4.69) is 23.8 Å². The van der Waals surface area contributed by atoms with E-state index in [1.54, 1.807) is 0 Å². The Kier molecular flexibility index (Phi) is 2.91. The Balaban J connectivity index is 2.23. The van der Waals surface area contributed by atoms with Crippen molar-refractivity contribution in [1.29, 1.82) is 0 Å². The lowest BCUT2D eigenvalue weighted by molar-refractivity contribution is -0.00807. The topological polar surface area (TPSA) is 83.0 Å². The van der Waals surface area contributed by atoms with Crippen molar-refractivity contribution in [2.75, 3.05) is 5.73 Å². The predicted octanol–water partition coefficient (Wildman–Crippen LogP) is 0.554. The molecule has 16 heavy (non-hydrogen) atoms. The molecule has 1 aliphatic rings. The minimum Gasteiger partial charge on any atom is -0.368 e. The Labute approximate surface area is 93.5 Å². The van der Waals surface area contributed by atoms with Crippen molar-refractivity contribution >= 4 is 5.95 Å². The molecule has 88 valence electrons. The summed E-state index contributed by atoms with van der Waals surface area (Å²) in [5.74, 6) is 0.443. The summed E-state index contributed by atoms with van der Waals surface area (Å²) in [6.45, 7) is 4.20. The SMILES string of the molecule is CC[C@H]1O[C@@H](n2cnc(N)nc2=O)C[C@H]1C. The van der Waals surface area contributed by atoms with Crippen LogP contribution in [0.1, 0.15) is 32.9 Å². The Morgan fingerprint density at radius 3 is 3.00 bits per heavy atom. The molecule has 1 fully saturated rings. The van der Waals surface area contributed by atoms with Gasteiger partial charge in [-0.2, -0.15) is 4.98 Å². The number of ether oxygens (including phenoxy) is 1. The van der Waals surface area contributed by atoms with Gasteiger partial charge in [0, 0.05) is 0 Å². The van der Waals surface area contributed by atoms with Crippen LogP contribution < -0.4 is 11.4 Å². The molecular weight excluding hydrogens is 208 g/mol. The van der Waals surface area contributed by atoms with Crippen molar-refractivity contribution < 1.29 is 4.74 Å². The standard InChI is InChI=1S/C10H16N4O2/c1-3-7-6(2)4-8(16-7)14-5-12-9(11)13-10(14)15/h5-8H,3-4H2,1-2H3,(H2,11,13,15)/t6-,7-,8-/m1/s1. The highest BCUT2D eigenvalue weighted by Crippen LogP contribution is 2.33. The molecule has 1 saturated heterocycles. The van der Waals surface area contributed by atoms with E-state index in [1.807, 2.05) is 0 Å². The summed E-state index contributed by atoms with van der Waals surface area (Å²) in [5.41, 5.74) is 4.93. The van der Waals surface area contributed by atoms with Crippen LogP contribution in [0.25, 0.3) is 0 Å². The van der Waals surface area contributed by atoms with Crippen molar-refractivity contribution in [2.45, 2.75) is 39.0 Å². The summed E-state index contributed by atoms with van der Waals surface area (Å²) in [5, 5.41) is 0. The van der Waals surface area contributed by atoms with Crippen LogP contribution in [-0.4, -0.2) is 20.6 Å². The number of anilines is 1. The lowest BCUT2D eigenvalue weighted by Gasteiger charge is -2.14. The minimum absolute atomic E-state index is 0.000614. The molecule has 0 unspecified atom stereocenters. The van der Waals surface area contributed by atoms with E-state index in [0.29, 0.717) is 5.92 Å². The fraction of sp³-hybridized carbons (Fsp3) is 0.700. The van der Waals surface area contributed by atoms with Gasteiger partial charge < -0.3 is 10.5 Å². The second kappa shape index (κ2) is 4.21. The van der Waals surface area contributed by atoms with Crippen LogP contribution in [0.4, 0.5) is 5.95 Å². The molecule has 0 aliphatic carbocycles. The molecule has 6 nitrogen and oxygen atoms in total. The predicted molar refractivity (Wildman–Crippen MR) is 58.7 cm³/mol. The lowest BCUT2D eigenvalue weighted by Crippen LogP contribution is -2.28. The van der Waals surface area contributed by atoms with Gasteiger partial charge in [0.1, 0.15) is 12.6 Å². The Hall–Kier alpha value is -1.43. The van der Waals surface area contributed by atoms with E-state index >= 15 is 0 Å². The number of rotatable bonds is 2. The van der Waals surface area contributed by atoms with Crippen molar-refractivity contribution in [3.8, 4) is 0 Å². The molecule has 1 aromatic heterocycles. The lowest BCUT2D eigenvalue weighted by atomic mass is 10.0. The van der Waals surface area contributed by atoms with Crippen LogP contribution >= 0.6 is 0 Å². The maximum absolute atomic E-state index is 11.6. The summed E-state index contributed by atoms with van der Waals surface area (Å²) in [7, 11) is 0. The first kappa shape index (κ1) is 11.1. The minimum atomic E-state index is -0.401. The first-order valence-electron chi connectivity index (χ1n) is 5.48. The van der Waals surface area contributed by atoms with Crippen molar-refractivity contribution in [3.05, 3.63) is 16.8 Å². The number of aromatic nitrogens is 3. The maximum Gasteiger partial charge on any atom is 0.354 e. The molecular formula is C10H16N4O2. The zero-order chi connectivity index (χ0) is 11.7. The average molecular weight is 224 g/mol. The molecule has 0 radical (unpaired) electrons. The Bertz CT molecular complexity index is 431. The normalized spacial score (nSPS) is 29.5. The van der Waals surface area contributed by atoms with E-state index in [9.17, 15) is 4.79 Å². The van der Waals surface area contributed by atoms with E-state index < -0.39 is 5.69 Å². The van der Waals surface area contributed by atoms with Crippen molar-refractivity contribution in [3.63, 3.8) is 0 Å². The fourth-order valence-electron chi connectivity index (χ4n) is 2.09. The molecule has 1 aliphatic heterocycles. The Morgan fingerprint density at radius 1 is 1.69 bits per heavy atom. The quantitative estimate of drug-likeness (QED) is 0.793. The zero-order valence-electron chi connectivity index (χ0n) is 9.46. The van der Waals surface area contributed by atoms with Gasteiger partial charge in [-0.25, -0.2) is 9.78 Å². The van der Waals surface area contributed by atoms with E-state index in [-0.39, 0.29) is 18.3 Å². The van der Waals surface area contributed by atoms with Gasteiger partial charge in [0.15, 0.2) is 0 Å². The van der Waals surface area contributed by atoms with Crippen LogP contribution in [0.3, 0.4) is 0 Å². The van der Waals surface area contributed by atoms with E-state index in [4.69, 9.17) is 10.5 Å². The summed E-state index contributed by atoms with van der Waals surface area (Å²) in [4.78, 5) is 19.0. The molecule has 2 rings (SSSR count). The number of hydrogen-bond donors (Lipinski definition) is 1. The van der Waals surface area contributed by atoms with Crippen LogP contribution in [0.15, 0.2) is 11.1 Å². The van der Waals surface area contributed by atoms with Crippen LogP contribution in [-0.2, 0) is 4.74 Å². The molecule has 0 spiro atoms. The van der Waals surface area contributed by atoms with Gasteiger partial charge in [-0.1, -0.05) is 13.8 Å². The monoisotopic (exact) mass is 224 g/mol. The number of nitrogen functional groups attached to an aromatic ring is 1. The second-order valence-corrected chi connectivity index (χ2v) is 4.15. The maximum atomic E-state index is 11.6. The Morgan fingerprint density at radius 2 is 2.44 bits per heavy atom. The molecule has 2 heterocycles. The highest BCUT2D eigenvalue weighted by atomic mass is 16.5. The molecule has 2 N–H and O–H groups in total. The van der Waals surface area contributed by atoms with Crippen LogP contribution in [0.2, 0.25) is 0 Å². The third kappa shape index (κ3) is 1.92. The third-order valence-electron chi connectivity index (χ3n) is 3.00. The number of hydrogen-bond acceptors (Lipinski definition) is 5. The van der Waals surface area contributed by atoms with Crippen molar-refractivity contribution in [1.82, 2.24) is 14.5 Å². The van der Waals surface area contributed by atoms with Gasteiger partial charge in [-0.15, -0.1) is 0 Å². The summed E-state index contributed by atoms with van der Waals surface area (Å²) in [6, 6.07) is 0. The summed E-state index contributed by atoms with van der Waals surface area (Å²) in [6.07, 6.45) is 3.11. The van der Waals surface area contributed by atoms with Gasteiger partial charge >= 0.3 is 5.69 Å². The zero-order valence-corrected chi connectivity index (χ0v) is 9.46. The first-order chi connectivity index (χ1) is 7.61. The summed E-state index contributed by atoms with van der Waals surface area (Å²) >= 11 is 0. The molecule has 6 heteroatoms. The average Bonchev–Trinajstić information content (AvgIpc) is 2.59. The largest absolute Gasteiger partial charge is 0.368 e. The van der Waals surface area contributed by atoms with Gasteiger partial charge in [-0.3, -0.25) is 4.57 Å². The number of nitrogens with two attached hydrogens (primary N) is 1. The number of nitrogens with zero attached hydrogens (tertiary/aromatic N) is 3. The van der Waals surface area contributed by atoms with E-state index in [0.717, 1.165) is 12.8 Å². The van der Waals surface area contributed by atoms with Crippen molar-refractivity contribution in [2.24, 2.45) is 5.92 Å². The van der Waals surface area contributed by atoms with Gasteiger partial charge in [0.05, 0.1) is 6.10 Å². The highest BCUT2D eigenvalue weighted by Gasteiger charge is 2.32. The third-order valence-corrected chi connectivity index (χ3v) is 3.00. The van der Waals surface area contributed by atoms with Crippen LogP contribution in [0.5, 0.6) is 0 Å². The summed E-state index contributed by atoms with van der Waals surface area (Å²) < 4.78 is 7.18. The molecule has 0 bridgehead atoms. The van der Waals surface area contributed by atoms with Gasteiger partial charge in [0.25, 0.3) is 0 Å². The van der Waals surface area contributed by atoms with Gasteiger partial charge in [-0.05, 0) is 18.8 Å². The molecule has 0 aromatic carbocycles. The molecule has 0 saturated carbocycles. The highest BCUT2D eigenvalue weighted by molar-refractivity contribution is 5.09. The van der Waals surface area contributed by atoms with Gasteiger partial charge in [0.2, 0.25) is 5.95 Å². The first-order valence-corrected chi connectivity index (χ1v) is 5.48. The molecule has 3 atom stereocenters. The molecule has 0 amide bonds. The smallest absolute Gasteiger partial charge is 0.354 e. The fourth-order valence-corrected chi connectivity index (χ4v) is 2.09. The van der Waals surface area contributed by atoms with E-state index in [1.165, 1.54) is 10.9 Å². The second-order valence-electron chi connectivity index (χ2n) is 4.15. The molecule has 1 aromatic rings. The van der Waals surface area contributed by atoms with Crippen LogP contribution in [0, 0.1) is 5.92 Å².